The Labute approximate surface area is 93.7 Å². The summed E-state index contributed by atoms with van der Waals surface area (Å²) in [5.74, 6) is 0.207. The van der Waals surface area contributed by atoms with E-state index in [9.17, 15) is 4.79 Å². The molecule has 0 aromatic heterocycles. The van der Waals surface area contributed by atoms with Gasteiger partial charge in [0.05, 0.1) is 6.54 Å². The van der Waals surface area contributed by atoms with Crippen molar-refractivity contribution in [3.05, 3.63) is 11.1 Å². The zero-order valence-electron chi connectivity index (χ0n) is 8.39. The summed E-state index contributed by atoms with van der Waals surface area (Å²) in [6.45, 7) is 6.62. The van der Waals surface area contributed by atoms with E-state index in [0.717, 1.165) is 30.4 Å². The molecule has 1 aliphatic rings. The van der Waals surface area contributed by atoms with Gasteiger partial charge in [-0.2, -0.15) is 0 Å². The highest BCUT2D eigenvalue weighted by Crippen LogP contribution is 2.08. The van der Waals surface area contributed by atoms with E-state index >= 15 is 0 Å². The molecule has 0 radical (unpaired) electrons. The van der Waals surface area contributed by atoms with Crippen LogP contribution in [0, 0.1) is 0 Å². The van der Waals surface area contributed by atoms with Crippen LogP contribution in [0.1, 0.15) is 19.3 Å². The summed E-state index contributed by atoms with van der Waals surface area (Å²) >= 11 is 3.24. The van der Waals surface area contributed by atoms with Crippen LogP contribution in [0.25, 0.3) is 0 Å². The fraction of sp³-hybridized carbons (Fsp3) is 0.700. The van der Waals surface area contributed by atoms with Crippen LogP contribution in [0.3, 0.4) is 0 Å². The number of nitrogens with zero attached hydrogens (tertiary/aromatic N) is 1. The van der Waals surface area contributed by atoms with Crippen LogP contribution in [0.2, 0.25) is 0 Å². The maximum Gasteiger partial charge on any atom is 0.236 e. The van der Waals surface area contributed by atoms with E-state index in [0.29, 0.717) is 13.1 Å². The van der Waals surface area contributed by atoms with E-state index in [1.165, 1.54) is 6.42 Å². The second-order valence-electron chi connectivity index (χ2n) is 3.56. The van der Waals surface area contributed by atoms with Gasteiger partial charge in [-0.3, -0.25) is 4.79 Å². The first-order valence-electron chi connectivity index (χ1n) is 5.02. The number of hydrogen-bond acceptors (Lipinski definition) is 2. The zero-order chi connectivity index (χ0) is 10.4. The third kappa shape index (κ3) is 4.24. The average Bonchev–Trinajstić information content (AvgIpc) is 2.18. The summed E-state index contributed by atoms with van der Waals surface area (Å²) in [5, 5.41) is 3.04. The van der Waals surface area contributed by atoms with Gasteiger partial charge in [0, 0.05) is 24.1 Å². The van der Waals surface area contributed by atoms with Crippen molar-refractivity contribution in [1.82, 2.24) is 10.2 Å². The average molecular weight is 261 g/mol. The first-order chi connectivity index (χ1) is 6.70. The highest BCUT2D eigenvalue weighted by molar-refractivity contribution is 9.11. The van der Waals surface area contributed by atoms with Gasteiger partial charge in [-0.05, 0) is 19.3 Å². The Morgan fingerprint density at radius 2 is 1.93 bits per heavy atom. The molecule has 14 heavy (non-hydrogen) atoms. The van der Waals surface area contributed by atoms with E-state index in [2.05, 4.69) is 27.8 Å². The number of carbonyl (C=O) groups excluding carboxylic acids is 1. The molecule has 80 valence electrons. The van der Waals surface area contributed by atoms with Gasteiger partial charge in [0.2, 0.25) is 5.91 Å². The maximum absolute atomic E-state index is 11.6. The lowest BCUT2D eigenvalue weighted by atomic mass is 10.1. The Hall–Kier alpha value is -0.350. The van der Waals surface area contributed by atoms with Gasteiger partial charge >= 0.3 is 0 Å². The summed E-state index contributed by atoms with van der Waals surface area (Å²) in [4.78, 5) is 13.5. The van der Waals surface area contributed by atoms with Crippen LogP contribution in [0.5, 0.6) is 0 Å². The van der Waals surface area contributed by atoms with E-state index in [4.69, 9.17) is 0 Å². The molecule has 0 aromatic rings. The Kier molecular flexibility index (Phi) is 5.19. The topological polar surface area (TPSA) is 32.3 Å². The van der Waals surface area contributed by atoms with Crippen LogP contribution in [-0.4, -0.2) is 37.0 Å². The Bertz CT molecular complexity index is 212. The van der Waals surface area contributed by atoms with Crippen LogP contribution < -0.4 is 5.32 Å². The van der Waals surface area contributed by atoms with Crippen LogP contribution in [0.4, 0.5) is 0 Å². The molecule has 1 fully saturated rings. The molecule has 1 N–H and O–H groups in total. The first-order valence-corrected chi connectivity index (χ1v) is 5.81. The molecule has 0 unspecified atom stereocenters. The molecule has 4 heteroatoms. The summed E-state index contributed by atoms with van der Waals surface area (Å²) in [6.07, 6.45) is 3.56. The minimum atomic E-state index is 0.207. The van der Waals surface area contributed by atoms with Crippen molar-refractivity contribution >= 4 is 21.8 Å². The van der Waals surface area contributed by atoms with E-state index in [-0.39, 0.29) is 5.91 Å². The van der Waals surface area contributed by atoms with E-state index < -0.39 is 0 Å². The van der Waals surface area contributed by atoms with Crippen molar-refractivity contribution < 1.29 is 4.79 Å². The minimum absolute atomic E-state index is 0.207. The standard InChI is InChI=1S/C10H17BrN2O/c1-9(11)7-12-8-10(14)13-5-3-2-4-6-13/h12H,1-8H2. The van der Waals surface area contributed by atoms with Gasteiger partial charge in [0.15, 0.2) is 0 Å². The van der Waals surface area contributed by atoms with Crippen molar-refractivity contribution in [2.24, 2.45) is 0 Å². The summed E-state index contributed by atoms with van der Waals surface area (Å²) in [6, 6.07) is 0. The molecule has 1 rings (SSSR count). The fourth-order valence-electron chi connectivity index (χ4n) is 1.56. The number of hydrogen-bond donors (Lipinski definition) is 1. The molecular formula is C10H17BrN2O. The van der Waals surface area contributed by atoms with Gasteiger partial charge in [0.1, 0.15) is 0 Å². The lowest BCUT2D eigenvalue weighted by Gasteiger charge is -2.26. The normalized spacial score (nSPS) is 16.8. The highest BCUT2D eigenvalue weighted by Gasteiger charge is 2.15. The van der Waals surface area contributed by atoms with Gasteiger partial charge < -0.3 is 10.2 Å². The molecular weight excluding hydrogens is 244 g/mol. The van der Waals surface area contributed by atoms with Crippen molar-refractivity contribution in [3.8, 4) is 0 Å². The molecule has 0 saturated carbocycles. The second-order valence-corrected chi connectivity index (χ2v) is 4.68. The zero-order valence-corrected chi connectivity index (χ0v) is 9.98. The Morgan fingerprint density at radius 1 is 1.29 bits per heavy atom. The summed E-state index contributed by atoms with van der Waals surface area (Å²) in [7, 11) is 0. The van der Waals surface area contributed by atoms with Crippen LogP contribution >= 0.6 is 15.9 Å². The predicted molar refractivity (Wildman–Crippen MR) is 61.4 cm³/mol. The lowest BCUT2D eigenvalue weighted by molar-refractivity contribution is -0.131. The van der Waals surface area contributed by atoms with Crippen molar-refractivity contribution in [2.45, 2.75) is 19.3 Å². The molecule has 1 heterocycles. The number of likely N-dealkylation sites (tertiary alicyclic amines) is 1. The molecule has 0 aliphatic carbocycles. The Balaban J connectivity index is 2.16. The third-order valence-corrected chi connectivity index (χ3v) is 2.58. The van der Waals surface area contributed by atoms with E-state index in [1.54, 1.807) is 0 Å². The number of piperidine rings is 1. The van der Waals surface area contributed by atoms with Crippen molar-refractivity contribution in [1.29, 1.82) is 0 Å². The van der Waals surface area contributed by atoms with Gasteiger partial charge in [-0.25, -0.2) is 0 Å². The van der Waals surface area contributed by atoms with E-state index in [1.807, 2.05) is 4.90 Å². The highest BCUT2D eigenvalue weighted by atomic mass is 79.9. The number of nitrogens with one attached hydrogen (secondary N) is 1. The van der Waals surface area contributed by atoms with Crippen LogP contribution in [0.15, 0.2) is 11.1 Å². The molecule has 0 atom stereocenters. The first kappa shape index (κ1) is 11.7. The van der Waals surface area contributed by atoms with Gasteiger partial charge in [-0.1, -0.05) is 22.5 Å². The number of halogens is 1. The number of amides is 1. The Morgan fingerprint density at radius 3 is 2.50 bits per heavy atom. The summed E-state index contributed by atoms with van der Waals surface area (Å²) < 4.78 is 0.879. The smallest absolute Gasteiger partial charge is 0.236 e. The SMILES string of the molecule is C=C(Br)CNCC(=O)N1CCCCC1. The van der Waals surface area contributed by atoms with Crippen molar-refractivity contribution in [2.75, 3.05) is 26.2 Å². The number of carbonyl (C=O) groups is 1. The molecule has 0 spiro atoms. The summed E-state index contributed by atoms with van der Waals surface area (Å²) in [5.41, 5.74) is 0. The van der Waals surface area contributed by atoms with Gasteiger partial charge in [0.25, 0.3) is 0 Å². The molecule has 1 saturated heterocycles. The largest absolute Gasteiger partial charge is 0.342 e. The molecule has 3 nitrogen and oxygen atoms in total. The quantitative estimate of drug-likeness (QED) is 0.831. The monoisotopic (exact) mass is 260 g/mol. The predicted octanol–water partition coefficient (Wildman–Crippen LogP) is 1.50. The van der Waals surface area contributed by atoms with Crippen LogP contribution in [-0.2, 0) is 4.79 Å². The maximum atomic E-state index is 11.6. The molecule has 1 aliphatic heterocycles. The lowest BCUT2D eigenvalue weighted by Crippen LogP contribution is -2.41. The molecule has 0 bridgehead atoms. The second kappa shape index (κ2) is 6.19. The third-order valence-electron chi connectivity index (χ3n) is 2.30. The molecule has 0 aromatic carbocycles. The number of rotatable bonds is 4. The van der Waals surface area contributed by atoms with Crippen molar-refractivity contribution in [3.63, 3.8) is 0 Å². The fourth-order valence-corrected chi connectivity index (χ4v) is 1.76. The minimum Gasteiger partial charge on any atom is -0.342 e. The van der Waals surface area contributed by atoms with Gasteiger partial charge in [-0.15, -0.1) is 0 Å². The molecule has 1 amide bonds.